The zero-order valence-corrected chi connectivity index (χ0v) is 50.8. The molecule has 0 bridgehead atoms. The van der Waals surface area contributed by atoms with Crippen molar-refractivity contribution in [1.82, 2.24) is 5.32 Å². The summed E-state index contributed by atoms with van der Waals surface area (Å²) in [4.78, 5) is 24.5. The topological polar surface area (TPSA) is 95.9 Å². The van der Waals surface area contributed by atoms with Gasteiger partial charge in [0.1, 0.15) is 0 Å². The lowest BCUT2D eigenvalue weighted by molar-refractivity contribution is -0.143. The molecule has 2 atom stereocenters. The molecular weight excluding hydrogens is 923 g/mol. The summed E-state index contributed by atoms with van der Waals surface area (Å²) in [5.41, 5.74) is 0. The molecule has 0 spiro atoms. The van der Waals surface area contributed by atoms with Gasteiger partial charge in [0.25, 0.3) is 0 Å². The smallest absolute Gasteiger partial charge is 0.305 e. The van der Waals surface area contributed by atoms with Gasteiger partial charge in [0.2, 0.25) is 5.91 Å². The van der Waals surface area contributed by atoms with E-state index < -0.39 is 12.1 Å². The Bertz CT molecular complexity index is 1170. The molecule has 0 saturated heterocycles. The molecular formula is C69H133NO5. The molecule has 0 aliphatic heterocycles. The fourth-order valence-electron chi connectivity index (χ4n) is 10.7. The molecule has 0 radical (unpaired) electrons. The Morgan fingerprint density at radius 2 is 0.627 bits per heavy atom. The van der Waals surface area contributed by atoms with Crippen LogP contribution in [-0.2, 0) is 14.3 Å². The largest absolute Gasteiger partial charge is 0.466 e. The van der Waals surface area contributed by atoms with E-state index in [4.69, 9.17) is 4.74 Å². The predicted molar refractivity (Wildman–Crippen MR) is 329 cm³/mol. The third-order valence-corrected chi connectivity index (χ3v) is 16.0. The number of aliphatic hydroxyl groups is 2. The monoisotopic (exact) mass is 1060 g/mol. The van der Waals surface area contributed by atoms with Gasteiger partial charge < -0.3 is 20.3 Å². The van der Waals surface area contributed by atoms with Gasteiger partial charge in [0.05, 0.1) is 25.4 Å². The molecule has 0 aromatic heterocycles. The second kappa shape index (κ2) is 64.9. The van der Waals surface area contributed by atoms with Gasteiger partial charge in [-0.3, -0.25) is 9.59 Å². The molecule has 1 amide bonds. The number of hydrogen-bond donors (Lipinski definition) is 3. The number of hydrogen-bond acceptors (Lipinski definition) is 5. The van der Waals surface area contributed by atoms with Gasteiger partial charge >= 0.3 is 5.97 Å². The number of rotatable bonds is 64. The average molecular weight is 1060 g/mol. The zero-order valence-electron chi connectivity index (χ0n) is 50.8. The number of carbonyl (C=O) groups is 2. The molecule has 444 valence electrons. The number of unbranched alkanes of at least 4 members (excludes halogenated alkanes) is 51. The highest BCUT2D eigenvalue weighted by Gasteiger charge is 2.18. The van der Waals surface area contributed by atoms with E-state index in [1.807, 2.05) is 6.08 Å². The Kier molecular flexibility index (Phi) is 63.4. The number of aliphatic hydroxyl groups excluding tert-OH is 2. The minimum absolute atomic E-state index is 0.0180. The van der Waals surface area contributed by atoms with Crippen LogP contribution < -0.4 is 5.32 Å². The minimum atomic E-state index is -0.838. The highest BCUT2D eigenvalue weighted by atomic mass is 16.5. The number of carbonyl (C=O) groups excluding carboxylic acids is 2. The van der Waals surface area contributed by atoms with Gasteiger partial charge in [-0.15, -0.1) is 0 Å². The lowest BCUT2D eigenvalue weighted by Gasteiger charge is -2.20. The van der Waals surface area contributed by atoms with Crippen molar-refractivity contribution in [2.75, 3.05) is 13.2 Å². The van der Waals surface area contributed by atoms with Crippen LogP contribution in [0.3, 0.4) is 0 Å². The molecule has 0 saturated carbocycles. The normalized spacial score (nSPS) is 12.6. The molecule has 0 aromatic rings. The van der Waals surface area contributed by atoms with Crippen LogP contribution in [0.2, 0.25) is 0 Å². The van der Waals surface area contributed by atoms with Gasteiger partial charge in [0, 0.05) is 12.8 Å². The number of amides is 1. The van der Waals surface area contributed by atoms with Crippen molar-refractivity contribution in [3.63, 3.8) is 0 Å². The summed E-state index contributed by atoms with van der Waals surface area (Å²) < 4.78 is 5.50. The molecule has 0 rings (SSSR count). The van der Waals surface area contributed by atoms with Crippen LogP contribution in [-0.4, -0.2) is 47.4 Å². The Balaban J connectivity index is 3.29. The fourth-order valence-corrected chi connectivity index (χ4v) is 10.7. The third-order valence-electron chi connectivity index (χ3n) is 16.0. The van der Waals surface area contributed by atoms with Crippen molar-refractivity contribution in [2.45, 2.75) is 392 Å². The van der Waals surface area contributed by atoms with Gasteiger partial charge in [-0.1, -0.05) is 334 Å². The van der Waals surface area contributed by atoms with E-state index in [-0.39, 0.29) is 18.5 Å². The molecule has 0 aromatic carbocycles. The van der Waals surface area contributed by atoms with Gasteiger partial charge in [-0.25, -0.2) is 0 Å². The van der Waals surface area contributed by atoms with Crippen molar-refractivity contribution in [3.05, 3.63) is 24.3 Å². The van der Waals surface area contributed by atoms with E-state index in [0.717, 1.165) is 44.9 Å². The molecule has 0 aliphatic rings. The quantitative estimate of drug-likeness (QED) is 0.0320. The van der Waals surface area contributed by atoms with E-state index >= 15 is 0 Å². The number of ether oxygens (including phenoxy) is 1. The molecule has 0 heterocycles. The van der Waals surface area contributed by atoms with Crippen molar-refractivity contribution >= 4 is 11.9 Å². The van der Waals surface area contributed by atoms with Crippen LogP contribution in [0.5, 0.6) is 0 Å². The van der Waals surface area contributed by atoms with Crippen LogP contribution >= 0.6 is 0 Å². The van der Waals surface area contributed by atoms with Crippen LogP contribution in [0.15, 0.2) is 24.3 Å². The first-order chi connectivity index (χ1) is 37.0. The first-order valence-electron chi connectivity index (χ1n) is 34.1. The van der Waals surface area contributed by atoms with Crippen LogP contribution in [0.1, 0.15) is 380 Å². The second-order valence-corrected chi connectivity index (χ2v) is 23.5. The highest BCUT2D eigenvalue weighted by Crippen LogP contribution is 2.19. The van der Waals surface area contributed by atoms with Crippen molar-refractivity contribution < 1.29 is 24.5 Å². The maximum absolute atomic E-state index is 12.4. The van der Waals surface area contributed by atoms with E-state index in [1.54, 1.807) is 6.08 Å². The third kappa shape index (κ3) is 61.4. The van der Waals surface area contributed by atoms with Gasteiger partial charge in [-0.2, -0.15) is 0 Å². The zero-order chi connectivity index (χ0) is 54.3. The van der Waals surface area contributed by atoms with E-state index in [0.29, 0.717) is 19.4 Å². The van der Waals surface area contributed by atoms with E-state index in [1.165, 1.54) is 308 Å². The van der Waals surface area contributed by atoms with Crippen molar-refractivity contribution in [3.8, 4) is 0 Å². The molecule has 2 unspecified atom stereocenters. The summed E-state index contributed by atoms with van der Waals surface area (Å²) in [7, 11) is 0. The number of allylic oxidation sites excluding steroid dienone is 3. The molecule has 75 heavy (non-hydrogen) atoms. The maximum atomic E-state index is 12.4. The summed E-state index contributed by atoms with van der Waals surface area (Å²) in [6.45, 7) is 4.90. The van der Waals surface area contributed by atoms with Crippen molar-refractivity contribution in [2.24, 2.45) is 0 Å². The standard InChI is InChI=1S/C69H133NO5/c1-3-5-7-9-11-13-14-15-16-33-37-40-43-47-51-55-59-63-69(74)75-64-60-56-52-48-44-41-38-35-32-30-28-26-24-22-20-18-17-19-21-23-25-27-29-31-34-36-39-42-46-50-54-58-62-68(73)70-66(65-71)67(72)61-57-53-49-45-12-10-8-6-4-2/h15-16,57,61,66-67,71-72H,3-14,17-56,58-60,62-65H2,1-2H3,(H,70,73)/b16-15-,61-57+. The Labute approximate surface area is 469 Å². The van der Waals surface area contributed by atoms with Gasteiger partial charge in [0.15, 0.2) is 0 Å². The first kappa shape index (κ1) is 73.3. The Morgan fingerprint density at radius 1 is 0.360 bits per heavy atom. The summed E-state index contributed by atoms with van der Waals surface area (Å²) >= 11 is 0. The highest BCUT2D eigenvalue weighted by molar-refractivity contribution is 5.76. The molecule has 0 aliphatic carbocycles. The molecule has 0 fully saturated rings. The lowest BCUT2D eigenvalue weighted by atomic mass is 10.0. The SMILES string of the molecule is CCCCCCCC/C=C\CCCCCCCCCC(=O)OCCCCCCCCCCCCCCCCCCCCCCCCCCCCCCCCCCC(=O)NC(CO)C(O)/C=C/CCCCCCCCC. The fraction of sp³-hybridized carbons (Fsp3) is 0.913. The predicted octanol–water partition coefficient (Wildman–Crippen LogP) is 21.8. The van der Waals surface area contributed by atoms with E-state index in [9.17, 15) is 19.8 Å². The summed E-state index contributed by atoms with van der Waals surface area (Å²) in [6, 6.07) is -0.622. The Morgan fingerprint density at radius 3 is 0.947 bits per heavy atom. The molecule has 6 nitrogen and oxygen atoms in total. The van der Waals surface area contributed by atoms with Gasteiger partial charge in [-0.05, 0) is 57.8 Å². The number of nitrogens with one attached hydrogen (secondary N) is 1. The minimum Gasteiger partial charge on any atom is -0.466 e. The first-order valence-corrected chi connectivity index (χ1v) is 34.1. The van der Waals surface area contributed by atoms with Crippen LogP contribution in [0, 0.1) is 0 Å². The average Bonchev–Trinajstić information content (AvgIpc) is 3.41. The van der Waals surface area contributed by atoms with Crippen molar-refractivity contribution in [1.29, 1.82) is 0 Å². The second-order valence-electron chi connectivity index (χ2n) is 23.5. The lowest BCUT2D eigenvalue weighted by Crippen LogP contribution is -2.45. The number of esters is 1. The maximum Gasteiger partial charge on any atom is 0.305 e. The summed E-state index contributed by atoms with van der Waals surface area (Å²) in [5.74, 6) is -0.0468. The summed E-state index contributed by atoms with van der Waals surface area (Å²) in [6.07, 6.45) is 81.3. The van der Waals surface area contributed by atoms with Crippen LogP contribution in [0.25, 0.3) is 0 Å². The Hall–Kier alpha value is -1.66. The molecule has 3 N–H and O–H groups in total. The van der Waals surface area contributed by atoms with Crippen LogP contribution in [0.4, 0.5) is 0 Å². The van der Waals surface area contributed by atoms with E-state index in [2.05, 4.69) is 31.3 Å². The molecule has 6 heteroatoms. The summed E-state index contributed by atoms with van der Waals surface area (Å²) in [5, 5.41) is 23.0.